The van der Waals surface area contributed by atoms with Crippen LogP contribution in [-0.4, -0.2) is 7.11 Å². The Morgan fingerprint density at radius 1 is 1.10 bits per heavy atom. The van der Waals surface area contributed by atoms with Gasteiger partial charge in [-0.25, -0.2) is 4.79 Å². The van der Waals surface area contributed by atoms with Crippen LogP contribution in [0.25, 0.3) is 11.0 Å². The van der Waals surface area contributed by atoms with Gasteiger partial charge in [-0.3, -0.25) is 0 Å². The van der Waals surface area contributed by atoms with E-state index in [1.165, 1.54) is 16.0 Å². The van der Waals surface area contributed by atoms with E-state index < -0.39 is 0 Å². The predicted molar refractivity (Wildman–Crippen MR) is 121 cm³/mol. The molecule has 1 atom stereocenters. The quantitative estimate of drug-likeness (QED) is 0.422. The summed E-state index contributed by atoms with van der Waals surface area (Å²) in [5.41, 5.74) is 3.82. The maximum absolute atomic E-state index is 12.1. The first-order chi connectivity index (χ1) is 14.7. The Balaban J connectivity index is 1.64. The van der Waals surface area contributed by atoms with Crippen molar-refractivity contribution in [2.45, 2.75) is 32.4 Å². The molecule has 0 aliphatic carbocycles. The zero-order chi connectivity index (χ0) is 20.9. The number of hydrogen-bond acceptors (Lipinski definition) is 4. The summed E-state index contributed by atoms with van der Waals surface area (Å²) in [5, 5.41) is 5.34. The summed E-state index contributed by atoms with van der Waals surface area (Å²) in [4.78, 5) is 13.4. The maximum atomic E-state index is 12.1. The molecule has 4 aromatic rings. The van der Waals surface area contributed by atoms with E-state index in [1.54, 1.807) is 30.6 Å². The van der Waals surface area contributed by atoms with Crippen molar-refractivity contribution in [3.8, 4) is 5.75 Å². The van der Waals surface area contributed by atoms with Crippen molar-refractivity contribution in [2.75, 3.05) is 7.11 Å². The van der Waals surface area contributed by atoms with Crippen LogP contribution in [0.15, 0.2) is 75.3 Å². The highest BCUT2D eigenvalue weighted by atomic mass is 32.1. The van der Waals surface area contributed by atoms with E-state index in [-0.39, 0.29) is 11.7 Å². The standard InChI is InChI=1S/C25H25NO3S/c1-3-5-17-7-9-18(10-8-17)25(23-6-4-13-30-23)26-16-19-14-24(27)29-22-15-20(28-2)11-12-21(19)22/h4,6-15,25-26H,3,5,16H2,1-2H3/p+1/t25-/m1/s1. The number of aryl methyl sites for hydroxylation is 1. The van der Waals surface area contributed by atoms with E-state index in [9.17, 15) is 4.79 Å². The van der Waals surface area contributed by atoms with Gasteiger partial charge in [0.05, 0.1) is 12.0 Å². The van der Waals surface area contributed by atoms with Gasteiger partial charge in [-0.1, -0.05) is 43.7 Å². The van der Waals surface area contributed by atoms with Gasteiger partial charge >= 0.3 is 5.63 Å². The van der Waals surface area contributed by atoms with Crippen LogP contribution in [0, 0.1) is 0 Å². The molecule has 0 radical (unpaired) electrons. The minimum atomic E-state index is -0.337. The minimum absolute atomic E-state index is 0.182. The number of nitrogens with two attached hydrogens (primary N) is 1. The average molecular weight is 421 g/mol. The van der Waals surface area contributed by atoms with E-state index in [0.29, 0.717) is 17.9 Å². The number of thiophene rings is 1. The molecular formula is C25H26NO3S+. The number of rotatable bonds is 8. The second-order valence-electron chi connectivity index (χ2n) is 7.38. The van der Waals surface area contributed by atoms with Crippen LogP contribution in [0.5, 0.6) is 5.75 Å². The highest BCUT2D eigenvalue weighted by Gasteiger charge is 2.20. The Morgan fingerprint density at radius 3 is 2.63 bits per heavy atom. The topological polar surface area (TPSA) is 56.0 Å². The Kier molecular flexibility index (Phi) is 6.31. The Hall–Kier alpha value is -2.89. The molecule has 0 saturated heterocycles. The third kappa shape index (κ3) is 4.48. The molecule has 0 aliphatic rings. The molecule has 0 spiro atoms. The first kappa shape index (κ1) is 20.4. The lowest BCUT2D eigenvalue weighted by Gasteiger charge is -2.16. The van der Waals surface area contributed by atoms with Gasteiger partial charge in [-0.15, -0.1) is 11.3 Å². The SMILES string of the molecule is CCCc1ccc([C@@H]([NH2+]Cc2cc(=O)oc3cc(OC)ccc23)c2cccs2)cc1. The fraction of sp³-hybridized carbons (Fsp3) is 0.240. The van der Waals surface area contributed by atoms with Crippen molar-refractivity contribution in [1.82, 2.24) is 0 Å². The molecule has 2 N–H and O–H groups in total. The smallest absolute Gasteiger partial charge is 0.336 e. The van der Waals surface area contributed by atoms with Gasteiger partial charge in [-0.05, 0) is 35.6 Å². The molecule has 0 aliphatic heterocycles. The van der Waals surface area contributed by atoms with Crippen LogP contribution in [0.4, 0.5) is 0 Å². The average Bonchev–Trinajstić information content (AvgIpc) is 3.29. The third-order valence-corrected chi connectivity index (χ3v) is 6.29. The van der Waals surface area contributed by atoms with Crippen LogP contribution in [0.1, 0.15) is 41.0 Å². The fourth-order valence-electron chi connectivity index (χ4n) is 3.82. The molecule has 0 amide bonds. The number of hydrogen-bond donors (Lipinski definition) is 1. The second kappa shape index (κ2) is 9.28. The van der Waals surface area contributed by atoms with E-state index in [1.807, 2.05) is 12.1 Å². The summed E-state index contributed by atoms with van der Waals surface area (Å²) >= 11 is 1.76. The molecule has 5 heteroatoms. The van der Waals surface area contributed by atoms with E-state index in [4.69, 9.17) is 9.15 Å². The van der Waals surface area contributed by atoms with Gasteiger partial charge in [0.25, 0.3) is 0 Å². The zero-order valence-corrected chi connectivity index (χ0v) is 18.1. The van der Waals surface area contributed by atoms with Gasteiger partial charge < -0.3 is 14.5 Å². The van der Waals surface area contributed by atoms with Gasteiger partial charge in [0.2, 0.25) is 0 Å². The molecule has 0 saturated carbocycles. The van der Waals surface area contributed by atoms with E-state index >= 15 is 0 Å². The van der Waals surface area contributed by atoms with Crippen molar-refractivity contribution in [1.29, 1.82) is 0 Å². The maximum Gasteiger partial charge on any atom is 0.336 e. The van der Waals surface area contributed by atoms with Crippen molar-refractivity contribution >= 4 is 22.3 Å². The van der Waals surface area contributed by atoms with Crippen molar-refractivity contribution in [3.63, 3.8) is 0 Å². The molecular weight excluding hydrogens is 394 g/mol. The zero-order valence-electron chi connectivity index (χ0n) is 17.3. The fourth-order valence-corrected chi connectivity index (χ4v) is 4.67. The van der Waals surface area contributed by atoms with Crippen LogP contribution in [0.3, 0.4) is 0 Å². The lowest BCUT2D eigenvalue weighted by molar-refractivity contribution is -0.701. The lowest BCUT2D eigenvalue weighted by atomic mass is 10.0. The van der Waals surface area contributed by atoms with Crippen LogP contribution < -0.4 is 15.7 Å². The number of ether oxygens (including phenoxy) is 1. The van der Waals surface area contributed by atoms with Crippen molar-refractivity contribution in [3.05, 3.63) is 98.0 Å². The molecule has 0 bridgehead atoms. The Morgan fingerprint density at radius 2 is 1.93 bits per heavy atom. The molecule has 4 nitrogen and oxygen atoms in total. The molecule has 2 aromatic carbocycles. The number of methoxy groups -OCH3 is 1. The monoisotopic (exact) mass is 420 g/mol. The van der Waals surface area contributed by atoms with Crippen LogP contribution in [0.2, 0.25) is 0 Å². The van der Waals surface area contributed by atoms with Crippen LogP contribution in [-0.2, 0) is 13.0 Å². The molecule has 2 aromatic heterocycles. The summed E-state index contributed by atoms with van der Waals surface area (Å²) in [7, 11) is 1.61. The number of benzene rings is 2. The largest absolute Gasteiger partial charge is 0.497 e. The Bertz CT molecular complexity index is 1160. The Labute approximate surface area is 180 Å². The summed E-state index contributed by atoms with van der Waals surface area (Å²) in [6.45, 7) is 2.88. The van der Waals surface area contributed by atoms with Gasteiger partial charge in [-0.2, -0.15) is 0 Å². The normalized spacial score (nSPS) is 12.2. The highest BCUT2D eigenvalue weighted by Crippen LogP contribution is 2.25. The first-order valence-electron chi connectivity index (χ1n) is 10.2. The van der Waals surface area contributed by atoms with Crippen molar-refractivity contribution in [2.24, 2.45) is 0 Å². The summed E-state index contributed by atoms with van der Waals surface area (Å²) in [6.07, 6.45) is 2.25. The van der Waals surface area contributed by atoms with E-state index in [2.05, 4.69) is 54.0 Å². The third-order valence-electron chi connectivity index (χ3n) is 5.34. The molecule has 4 rings (SSSR count). The molecule has 0 fully saturated rings. The molecule has 0 unspecified atom stereocenters. The second-order valence-corrected chi connectivity index (χ2v) is 8.36. The first-order valence-corrected chi connectivity index (χ1v) is 11.1. The van der Waals surface area contributed by atoms with Gasteiger partial charge in [0.1, 0.15) is 23.9 Å². The lowest BCUT2D eigenvalue weighted by Crippen LogP contribution is -2.83. The predicted octanol–water partition coefficient (Wildman–Crippen LogP) is 4.67. The number of fused-ring (bicyclic) bond motifs is 1. The molecule has 2 heterocycles. The minimum Gasteiger partial charge on any atom is -0.497 e. The van der Waals surface area contributed by atoms with Crippen LogP contribution >= 0.6 is 11.3 Å². The summed E-state index contributed by atoms with van der Waals surface area (Å²) in [5.74, 6) is 0.676. The summed E-state index contributed by atoms with van der Waals surface area (Å²) < 4.78 is 10.7. The van der Waals surface area contributed by atoms with Crippen molar-refractivity contribution < 1.29 is 14.5 Å². The highest BCUT2D eigenvalue weighted by molar-refractivity contribution is 7.10. The van der Waals surface area contributed by atoms with Gasteiger partial charge in [0.15, 0.2) is 0 Å². The number of quaternary nitrogens is 1. The summed E-state index contributed by atoms with van der Waals surface area (Å²) in [6, 6.07) is 20.6. The van der Waals surface area contributed by atoms with Gasteiger partial charge in [0, 0.05) is 28.6 Å². The molecule has 154 valence electrons. The van der Waals surface area contributed by atoms with E-state index in [0.717, 1.165) is 23.8 Å². The molecule has 30 heavy (non-hydrogen) atoms.